The number of para-hydroxylation sites is 1. The number of anilines is 1. The molecule has 0 aromatic heterocycles. The molecule has 1 atom stereocenters. The summed E-state index contributed by atoms with van der Waals surface area (Å²) in [5, 5.41) is 2.96. The van der Waals surface area contributed by atoms with Crippen molar-refractivity contribution in [2.75, 3.05) is 11.9 Å². The molecule has 2 aromatic rings. The Morgan fingerprint density at radius 1 is 1.17 bits per heavy atom. The molecule has 0 aliphatic rings. The maximum Gasteiger partial charge on any atom is 0.339 e. The highest BCUT2D eigenvalue weighted by Crippen LogP contribution is 2.22. The summed E-state index contributed by atoms with van der Waals surface area (Å²) in [4.78, 5) is 24.1. The standard InChI is InChI=1S/C18H18ClNO4/c1-3-23-18(22)15-11-13(9-10-16(15)19)20-17(21)12(2)24-14-7-5-4-6-8-14/h4-12H,3H2,1-2H3,(H,20,21)/t12-/m0/s1. The van der Waals surface area contributed by atoms with Gasteiger partial charge in [-0.05, 0) is 44.2 Å². The maximum absolute atomic E-state index is 12.2. The lowest BCUT2D eigenvalue weighted by molar-refractivity contribution is -0.122. The topological polar surface area (TPSA) is 64.6 Å². The molecule has 0 spiro atoms. The lowest BCUT2D eigenvalue weighted by atomic mass is 10.2. The van der Waals surface area contributed by atoms with E-state index in [1.165, 1.54) is 12.1 Å². The zero-order valence-corrected chi connectivity index (χ0v) is 14.2. The highest BCUT2D eigenvalue weighted by atomic mass is 35.5. The van der Waals surface area contributed by atoms with Gasteiger partial charge in [0.15, 0.2) is 6.10 Å². The van der Waals surface area contributed by atoms with E-state index in [9.17, 15) is 9.59 Å². The lowest BCUT2D eigenvalue weighted by Gasteiger charge is -2.15. The number of hydrogen-bond donors (Lipinski definition) is 1. The van der Waals surface area contributed by atoms with Gasteiger partial charge in [0, 0.05) is 5.69 Å². The number of rotatable bonds is 6. The van der Waals surface area contributed by atoms with Crippen molar-refractivity contribution in [1.29, 1.82) is 0 Å². The van der Waals surface area contributed by atoms with Crippen LogP contribution in [0.25, 0.3) is 0 Å². The summed E-state index contributed by atoms with van der Waals surface area (Å²) in [5.74, 6) is -0.272. The van der Waals surface area contributed by atoms with Gasteiger partial charge in [0.25, 0.3) is 5.91 Å². The third-order valence-electron chi connectivity index (χ3n) is 3.15. The fraction of sp³-hybridized carbons (Fsp3) is 0.222. The van der Waals surface area contributed by atoms with Crippen molar-refractivity contribution >= 4 is 29.2 Å². The van der Waals surface area contributed by atoms with Gasteiger partial charge < -0.3 is 14.8 Å². The number of nitrogens with one attached hydrogen (secondary N) is 1. The summed E-state index contributed by atoms with van der Waals surface area (Å²) in [6.45, 7) is 3.60. The molecule has 1 amide bonds. The number of carbonyl (C=O) groups excluding carboxylic acids is 2. The van der Waals surface area contributed by atoms with E-state index in [-0.39, 0.29) is 23.1 Å². The molecule has 6 heteroatoms. The molecule has 24 heavy (non-hydrogen) atoms. The van der Waals surface area contributed by atoms with E-state index in [0.29, 0.717) is 11.4 Å². The molecule has 0 aliphatic carbocycles. The second kappa shape index (κ2) is 8.36. The molecule has 0 fully saturated rings. The Labute approximate surface area is 145 Å². The highest BCUT2D eigenvalue weighted by molar-refractivity contribution is 6.33. The molecule has 0 bridgehead atoms. The molecular weight excluding hydrogens is 330 g/mol. The normalized spacial score (nSPS) is 11.5. The van der Waals surface area contributed by atoms with Gasteiger partial charge in [0.2, 0.25) is 0 Å². The molecule has 5 nitrogen and oxygen atoms in total. The van der Waals surface area contributed by atoms with Gasteiger partial charge in [-0.1, -0.05) is 29.8 Å². The Balaban J connectivity index is 2.05. The molecule has 0 saturated heterocycles. The van der Waals surface area contributed by atoms with Crippen molar-refractivity contribution in [3.8, 4) is 5.75 Å². The van der Waals surface area contributed by atoms with Crippen molar-refractivity contribution in [2.24, 2.45) is 0 Å². The number of amides is 1. The van der Waals surface area contributed by atoms with Crippen LogP contribution < -0.4 is 10.1 Å². The molecule has 1 N–H and O–H groups in total. The van der Waals surface area contributed by atoms with Gasteiger partial charge in [0.05, 0.1) is 17.2 Å². The van der Waals surface area contributed by atoms with Gasteiger partial charge in [-0.2, -0.15) is 0 Å². The van der Waals surface area contributed by atoms with Crippen LogP contribution in [0.5, 0.6) is 5.75 Å². The SMILES string of the molecule is CCOC(=O)c1cc(NC(=O)[C@H](C)Oc2ccccc2)ccc1Cl. The van der Waals surface area contributed by atoms with Gasteiger partial charge in [-0.25, -0.2) is 4.79 Å². The zero-order valence-electron chi connectivity index (χ0n) is 13.4. The van der Waals surface area contributed by atoms with Crippen LogP contribution in [0.4, 0.5) is 5.69 Å². The average molecular weight is 348 g/mol. The van der Waals surface area contributed by atoms with Crippen LogP contribution in [0, 0.1) is 0 Å². The van der Waals surface area contributed by atoms with Gasteiger partial charge >= 0.3 is 5.97 Å². The third-order valence-corrected chi connectivity index (χ3v) is 3.48. The van der Waals surface area contributed by atoms with Crippen LogP contribution in [-0.2, 0) is 9.53 Å². The quantitative estimate of drug-likeness (QED) is 0.804. The molecule has 0 unspecified atom stereocenters. The minimum absolute atomic E-state index is 0.202. The summed E-state index contributed by atoms with van der Waals surface area (Å²) in [6.07, 6.45) is -0.700. The van der Waals surface area contributed by atoms with E-state index < -0.39 is 12.1 Å². The molecule has 2 aromatic carbocycles. The fourth-order valence-corrected chi connectivity index (χ4v) is 2.16. The van der Waals surface area contributed by atoms with Crippen LogP contribution in [0.3, 0.4) is 0 Å². The van der Waals surface area contributed by atoms with Gasteiger partial charge in [0.1, 0.15) is 5.75 Å². The first kappa shape index (κ1) is 17.8. The van der Waals surface area contributed by atoms with E-state index in [0.717, 1.165) is 0 Å². The van der Waals surface area contributed by atoms with Crippen molar-refractivity contribution in [3.63, 3.8) is 0 Å². The van der Waals surface area contributed by atoms with Crippen molar-refractivity contribution in [2.45, 2.75) is 20.0 Å². The second-order valence-electron chi connectivity index (χ2n) is 4.98. The lowest BCUT2D eigenvalue weighted by Crippen LogP contribution is -2.30. The van der Waals surface area contributed by atoms with Crippen LogP contribution in [0.1, 0.15) is 24.2 Å². The predicted molar refractivity (Wildman–Crippen MR) is 92.6 cm³/mol. The van der Waals surface area contributed by atoms with Gasteiger partial charge in [-0.3, -0.25) is 4.79 Å². The zero-order chi connectivity index (χ0) is 17.5. The van der Waals surface area contributed by atoms with Crippen molar-refractivity contribution in [1.82, 2.24) is 0 Å². The first-order valence-electron chi connectivity index (χ1n) is 7.50. The molecule has 0 saturated carbocycles. The first-order chi connectivity index (χ1) is 11.5. The molecule has 2 rings (SSSR count). The van der Waals surface area contributed by atoms with E-state index >= 15 is 0 Å². The Kier molecular flexibility index (Phi) is 6.21. The summed E-state index contributed by atoms with van der Waals surface area (Å²) in [5.41, 5.74) is 0.643. The number of halogens is 1. The average Bonchev–Trinajstić information content (AvgIpc) is 2.57. The van der Waals surface area contributed by atoms with Crippen LogP contribution in [0.2, 0.25) is 5.02 Å². The summed E-state index contributed by atoms with van der Waals surface area (Å²) in [7, 11) is 0. The Morgan fingerprint density at radius 3 is 2.54 bits per heavy atom. The number of benzene rings is 2. The van der Waals surface area contributed by atoms with E-state index in [1.807, 2.05) is 18.2 Å². The highest BCUT2D eigenvalue weighted by Gasteiger charge is 2.17. The minimum atomic E-state index is -0.700. The van der Waals surface area contributed by atoms with E-state index in [1.54, 1.807) is 32.0 Å². The van der Waals surface area contributed by atoms with Crippen LogP contribution in [0.15, 0.2) is 48.5 Å². The van der Waals surface area contributed by atoms with Crippen molar-refractivity contribution < 1.29 is 19.1 Å². The molecular formula is C18H18ClNO4. The first-order valence-corrected chi connectivity index (χ1v) is 7.88. The Morgan fingerprint density at radius 2 is 1.88 bits per heavy atom. The summed E-state index contributed by atoms with van der Waals surface area (Å²) in [6, 6.07) is 13.7. The van der Waals surface area contributed by atoms with Gasteiger partial charge in [-0.15, -0.1) is 0 Å². The second-order valence-corrected chi connectivity index (χ2v) is 5.38. The number of carbonyl (C=O) groups is 2. The molecule has 0 heterocycles. The van der Waals surface area contributed by atoms with Crippen molar-refractivity contribution in [3.05, 3.63) is 59.1 Å². The number of esters is 1. The monoisotopic (exact) mass is 347 g/mol. The molecule has 0 aliphatic heterocycles. The minimum Gasteiger partial charge on any atom is -0.481 e. The summed E-state index contributed by atoms with van der Waals surface area (Å²) >= 11 is 6.00. The van der Waals surface area contributed by atoms with Crippen LogP contribution >= 0.6 is 11.6 Å². The summed E-state index contributed by atoms with van der Waals surface area (Å²) < 4.78 is 10.5. The van der Waals surface area contributed by atoms with Crippen LogP contribution in [-0.4, -0.2) is 24.6 Å². The smallest absolute Gasteiger partial charge is 0.339 e. The molecule has 126 valence electrons. The molecule has 0 radical (unpaired) electrons. The Bertz CT molecular complexity index is 718. The number of hydrogen-bond acceptors (Lipinski definition) is 4. The third kappa shape index (κ3) is 4.73. The van der Waals surface area contributed by atoms with E-state index in [4.69, 9.17) is 21.1 Å². The van der Waals surface area contributed by atoms with E-state index in [2.05, 4.69) is 5.32 Å². The maximum atomic E-state index is 12.2. The number of ether oxygens (including phenoxy) is 2. The largest absolute Gasteiger partial charge is 0.481 e. The predicted octanol–water partition coefficient (Wildman–Crippen LogP) is 3.92. The fourth-order valence-electron chi connectivity index (χ4n) is 1.97. The Hall–Kier alpha value is -2.53.